The van der Waals surface area contributed by atoms with Gasteiger partial charge in [-0.15, -0.1) is 0 Å². The van der Waals surface area contributed by atoms with Gasteiger partial charge in [-0.05, 0) is 58.0 Å². The third-order valence-electron chi connectivity index (χ3n) is 4.77. The number of aromatic nitrogens is 1. The number of aromatic amines is 1. The summed E-state index contributed by atoms with van der Waals surface area (Å²) < 4.78 is 10.4. The highest BCUT2D eigenvalue weighted by atomic mass is 16.5. The molecule has 0 saturated carbocycles. The van der Waals surface area contributed by atoms with Crippen molar-refractivity contribution >= 4 is 11.8 Å². The van der Waals surface area contributed by atoms with Crippen LogP contribution in [0.2, 0.25) is 0 Å². The van der Waals surface area contributed by atoms with Crippen LogP contribution in [-0.4, -0.2) is 48.4 Å². The van der Waals surface area contributed by atoms with Gasteiger partial charge in [-0.1, -0.05) is 12.1 Å². The van der Waals surface area contributed by atoms with Crippen LogP contribution in [0.25, 0.3) is 0 Å². The van der Waals surface area contributed by atoms with Crippen LogP contribution in [0.4, 0.5) is 0 Å². The van der Waals surface area contributed by atoms with Crippen molar-refractivity contribution < 1.29 is 19.1 Å². The van der Waals surface area contributed by atoms with Crippen molar-refractivity contribution in [3.8, 4) is 5.75 Å². The summed E-state index contributed by atoms with van der Waals surface area (Å²) >= 11 is 0. The number of H-pyrrole nitrogens is 1. The van der Waals surface area contributed by atoms with Gasteiger partial charge < -0.3 is 14.5 Å². The number of Topliss-reactive ketones (excluding diaryl/α,β-unsaturated/α-hetero) is 1. The summed E-state index contributed by atoms with van der Waals surface area (Å²) in [6.45, 7) is 8.08. The maximum atomic E-state index is 13.0. The minimum Gasteiger partial charge on any atom is -0.497 e. The molecule has 27 heavy (non-hydrogen) atoms. The minimum atomic E-state index is -0.403. The number of ketones is 1. The molecule has 0 fully saturated rings. The van der Waals surface area contributed by atoms with Crippen LogP contribution in [0.15, 0.2) is 24.3 Å². The largest absolute Gasteiger partial charge is 0.497 e. The Hall–Kier alpha value is -2.60. The zero-order valence-corrected chi connectivity index (χ0v) is 16.9. The summed E-state index contributed by atoms with van der Waals surface area (Å²) in [7, 11) is 3.53. The standard InChI is InChI=1S/C21H28N2O4/c1-7-27-21(25)18-13(2)19(22-14(18)3)20(24)15(4)23(5)12-16-9-8-10-17(11-16)26-6/h8-11,15,22H,7,12H2,1-6H3/t15-/m0/s1. The van der Waals surface area contributed by atoms with Crippen LogP contribution in [0.3, 0.4) is 0 Å². The van der Waals surface area contributed by atoms with Gasteiger partial charge in [-0.3, -0.25) is 9.69 Å². The predicted molar refractivity (Wildman–Crippen MR) is 104 cm³/mol. The van der Waals surface area contributed by atoms with E-state index in [4.69, 9.17) is 9.47 Å². The molecule has 0 radical (unpaired) electrons. The van der Waals surface area contributed by atoms with E-state index in [0.29, 0.717) is 35.7 Å². The number of likely N-dealkylation sites (N-methyl/N-ethyl adjacent to an activating group) is 1. The van der Waals surface area contributed by atoms with E-state index in [1.165, 1.54) is 0 Å². The van der Waals surface area contributed by atoms with E-state index in [9.17, 15) is 9.59 Å². The van der Waals surface area contributed by atoms with Crippen LogP contribution in [0.1, 0.15) is 51.5 Å². The molecule has 0 spiro atoms. The average Bonchev–Trinajstić information content (AvgIpc) is 2.95. The van der Waals surface area contributed by atoms with Crippen LogP contribution in [0.5, 0.6) is 5.75 Å². The van der Waals surface area contributed by atoms with E-state index in [2.05, 4.69) is 4.98 Å². The zero-order valence-electron chi connectivity index (χ0n) is 16.9. The van der Waals surface area contributed by atoms with Gasteiger partial charge >= 0.3 is 5.97 Å². The van der Waals surface area contributed by atoms with Gasteiger partial charge in [0.05, 0.1) is 31.0 Å². The lowest BCUT2D eigenvalue weighted by Gasteiger charge is -2.23. The van der Waals surface area contributed by atoms with Gasteiger partial charge in [0.25, 0.3) is 0 Å². The third kappa shape index (κ3) is 4.57. The van der Waals surface area contributed by atoms with E-state index < -0.39 is 5.97 Å². The molecular formula is C21H28N2O4. The molecular weight excluding hydrogens is 344 g/mol. The van der Waals surface area contributed by atoms with E-state index in [0.717, 1.165) is 11.3 Å². The number of aryl methyl sites for hydroxylation is 1. The molecule has 2 rings (SSSR count). The zero-order chi connectivity index (χ0) is 20.1. The Balaban J connectivity index is 2.19. The molecule has 0 aliphatic heterocycles. The molecule has 6 nitrogen and oxygen atoms in total. The second kappa shape index (κ2) is 8.86. The Morgan fingerprint density at radius 2 is 1.96 bits per heavy atom. The predicted octanol–water partition coefficient (Wildman–Crippen LogP) is 3.52. The Labute approximate surface area is 160 Å². The minimum absolute atomic E-state index is 0.0588. The highest BCUT2D eigenvalue weighted by Gasteiger charge is 2.27. The van der Waals surface area contributed by atoms with Gasteiger partial charge in [-0.2, -0.15) is 0 Å². The van der Waals surface area contributed by atoms with E-state index in [1.54, 1.807) is 27.9 Å². The average molecular weight is 372 g/mol. The Morgan fingerprint density at radius 3 is 2.59 bits per heavy atom. The number of esters is 1. The lowest BCUT2D eigenvalue weighted by Crippen LogP contribution is -2.36. The first kappa shape index (κ1) is 20.7. The van der Waals surface area contributed by atoms with Crippen molar-refractivity contribution in [2.24, 2.45) is 0 Å². The fourth-order valence-electron chi connectivity index (χ4n) is 3.11. The van der Waals surface area contributed by atoms with Crippen molar-refractivity contribution in [3.63, 3.8) is 0 Å². The molecule has 0 saturated heterocycles. The van der Waals surface area contributed by atoms with Crippen molar-refractivity contribution in [1.29, 1.82) is 0 Å². The first-order valence-electron chi connectivity index (χ1n) is 9.03. The van der Waals surface area contributed by atoms with Crippen LogP contribution >= 0.6 is 0 Å². The van der Waals surface area contributed by atoms with Crippen LogP contribution in [0, 0.1) is 13.8 Å². The number of ether oxygens (including phenoxy) is 2. The Kier molecular flexibility index (Phi) is 6.80. The maximum absolute atomic E-state index is 13.0. The smallest absolute Gasteiger partial charge is 0.340 e. The number of benzene rings is 1. The van der Waals surface area contributed by atoms with E-state index in [1.807, 2.05) is 43.1 Å². The number of nitrogens with one attached hydrogen (secondary N) is 1. The molecule has 1 N–H and O–H groups in total. The number of methoxy groups -OCH3 is 1. The van der Waals surface area contributed by atoms with Gasteiger partial charge in [0.2, 0.25) is 0 Å². The van der Waals surface area contributed by atoms with Gasteiger partial charge in [-0.25, -0.2) is 4.79 Å². The molecule has 6 heteroatoms. The second-order valence-corrected chi connectivity index (χ2v) is 6.65. The summed E-state index contributed by atoms with van der Waals surface area (Å²) in [6, 6.07) is 7.41. The highest BCUT2D eigenvalue weighted by molar-refractivity contribution is 6.03. The molecule has 1 atom stereocenters. The number of hydrogen-bond acceptors (Lipinski definition) is 5. The summed E-state index contributed by atoms with van der Waals surface area (Å²) in [4.78, 5) is 30.2. The van der Waals surface area contributed by atoms with E-state index in [-0.39, 0.29) is 11.8 Å². The van der Waals surface area contributed by atoms with Gasteiger partial charge in [0.1, 0.15) is 5.75 Å². The lowest BCUT2D eigenvalue weighted by molar-refractivity contribution is 0.0525. The molecule has 0 amide bonds. The molecule has 2 aromatic rings. The molecule has 0 unspecified atom stereocenters. The fourth-order valence-corrected chi connectivity index (χ4v) is 3.11. The first-order valence-corrected chi connectivity index (χ1v) is 9.03. The summed E-state index contributed by atoms with van der Waals surface area (Å²) in [5.41, 5.74) is 3.25. The molecule has 0 bridgehead atoms. The number of carbonyl (C=O) groups is 2. The Bertz CT molecular complexity index is 826. The monoisotopic (exact) mass is 372 g/mol. The third-order valence-corrected chi connectivity index (χ3v) is 4.77. The second-order valence-electron chi connectivity index (χ2n) is 6.65. The number of nitrogens with zero attached hydrogens (tertiary/aromatic N) is 1. The summed E-state index contributed by atoms with van der Waals surface area (Å²) in [5.74, 6) is 0.325. The normalized spacial score (nSPS) is 12.1. The topological polar surface area (TPSA) is 71.6 Å². The number of hydrogen-bond donors (Lipinski definition) is 1. The fraction of sp³-hybridized carbons (Fsp3) is 0.429. The van der Waals surface area contributed by atoms with Crippen molar-refractivity contribution in [2.45, 2.75) is 40.3 Å². The van der Waals surface area contributed by atoms with Crippen molar-refractivity contribution in [1.82, 2.24) is 9.88 Å². The molecule has 0 aliphatic carbocycles. The SMILES string of the molecule is CCOC(=O)c1c(C)[nH]c(C(=O)[C@H](C)N(C)Cc2cccc(OC)c2)c1C. The molecule has 146 valence electrons. The quantitative estimate of drug-likeness (QED) is 0.567. The number of rotatable bonds is 8. The van der Waals surface area contributed by atoms with Crippen LogP contribution < -0.4 is 4.74 Å². The van der Waals surface area contributed by atoms with Crippen molar-refractivity contribution in [2.75, 3.05) is 20.8 Å². The van der Waals surface area contributed by atoms with Gasteiger partial charge in [0, 0.05) is 12.2 Å². The molecule has 1 heterocycles. The van der Waals surface area contributed by atoms with E-state index >= 15 is 0 Å². The Morgan fingerprint density at radius 1 is 1.26 bits per heavy atom. The first-order chi connectivity index (χ1) is 12.8. The van der Waals surface area contributed by atoms with Crippen LogP contribution in [-0.2, 0) is 11.3 Å². The van der Waals surface area contributed by atoms with Gasteiger partial charge in [0.15, 0.2) is 5.78 Å². The number of carbonyl (C=O) groups excluding carboxylic acids is 2. The summed E-state index contributed by atoms with van der Waals surface area (Å²) in [6.07, 6.45) is 0. The highest BCUT2D eigenvalue weighted by Crippen LogP contribution is 2.22. The lowest BCUT2D eigenvalue weighted by atomic mass is 10.0. The summed E-state index contributed by atoms with van der Waals surface area (Å²) in [5, 5.41) is 0. The molecule has 1 aromatic carbocycles. The molecule has 1 aromatic heterocycles. The maximum Gasteiger partial charge on any atom is 0.340 e. The molecule has 0 aliphatic rings. The van der Waals surface area contributed by atoms with Crippen molar-refractivity contribution in [3.05, 3.63) is 52.3 Å².